The molecule has 1 unspecified atom stereocenters. The molecule has 0 aliphatic carbocycles. The largest absolute Gasteiger partial charge is 0.356 e. The molecule has 1 aliphatic heterocycles. The standard InChI is InChI=1S/C10H19NO/c1-2-3-4-5-6-9-7-10(12)11-8-9/h9H,2-8H2,1H3,(H,11,12). The van der Waals surface area contributed by atoms with E-state index in [0.29, 0.717) is 5.92 Å². The Labute approximate surface area is 74.7 Å². The zero-order valence-corrected chi connectivity index (χ0v) is 7.94. The van der Waals surface area contributed by atoms with Gasteiger partial charge in [-0.3, -0.25) is 4.79 Å². The topological polar surface area (TPSA) is 29.1 Å². The van der Waals surface area contributed by atoms with Crippen molar-refractivity contribution < 1.29 is 4.79 Å². The lowest BCUT2D eigenvalue weighted by atomic mass is 10.0. The van der Waals surface area contributed by atoms with Gasteiger partial charge in [0.1, 0.15) is 0 Å². The third-order valence-electron chi connectivity index (χ3n) is 2.53. The third kappa shape index (κ3) is 3.24. The first-order valence-corrected chi connectivity index (χ1v) is 5.09. The molecule has 12 heavy (non-hydrogen) atoms. The Bertz CT molecular complexity index is 145. The van der Waals surface area contributed by atoms with Gasteiger partial charge in [-0.1, -0.05) is 32.6 Å². The minimum absolute atomic E-state index is 0.246. The van der Waals surface area contributed by atoms with E-state index in [2.05, 4.69) is 12.2 Å². The van der Waals surface area contributed by atoms with Gasteiger partial charge in [-0.15, -0.1) is 0 Å². The number of carbonyl (C=O) groups is 1. The van der Waals surface area contributed by atoms with Crippen LogP contribution in [0.2, 0.25) is 0 Å². The normalized spacial score (nSPS) is 22.8. The number of hydrogen-bond acceptors (Lipinski definition) is 1. The van der Waals surface area contributed by atoms with Gasteiger partial charge >= 0.3 is 0 Å². The molecule has 0 aromatic rings. The van der Waals surface area contributed by atoms with Crippen LogP contribution in [0.1, 0.15) is 45.4 Å². The number of nitrogens with one attached hydrogen (secondary N) is 1. The van der Waals surface area contributed by atoms with Crippen molar-refractivity contribution in [2.24, 2.45) is 5.92 Å². The molecule has 1 amide bonds. The SMILES string of the molecule is CCCCCCC1CNC(=O)C1. The fraction of sp³-hybridized carbons (Fsp3) is 0.900. The van der Waals surface area contributed by atoms with Gasteiger partial charge in [0, 0.05) is 13.0 Å². The monoisotopic (exact) mass is 169 g/mol. The first-order valence-electron chi connectivity index (χ1n) is 5.09. The molecule has 0 spiro atoms. The van der Waals surface area contributed by atoms with Crippen LogP contribution in [0.4, 0.5) is 0 Å². The fourth-order valence-electron chi connectivity index (χ4n) is 1.73. The molecular formula is C10H19NO. The van der Waals surface area contributed by atoms with Gasteiger partial charge in [-0.25, -0.2) is 0 Å². The van der Waals surface area contributed by atoms with Crippen molar-refractivity contribution in [2.45, 2.75) is 45.4 Å². The van der Waals surface area contributed by atoms with Crippen LogP contribution in [0.25, 0.3) is 0 Å². The van der Waals surface area contributed by atoms with E-state index in [1.54, 1.807) is 0 Å². The van der Waals surface area contributed by atoms with Gasteiger partial charge in [-0.2, -0.15) is 0 Å². The predicted molar refractivity (Wildman–Crippen MR) is 49.9 cm³/mol. The lowest BCUT2D eigenvalue weighted by Gasteiger charge is -2.05. The lowest BCUT2D eigenvalue weighted by molar-refractivity contribution is -0.119. The molecule has 0 aromatic heterocycles. The summed E-state index contributed by atoms with van der Waals surface area (Å²) in [5.74, 6) is 0.879. The summed E-state index contributed by atoms with van der Waals surface area (Å²) in [5, 5.41) is 2.87. The van der Waals surface area contributed by atoms with Crippen molar-refractivity contribution in [3.8, 4) is 0 Å². The van der Waals surface area contributed by atoms with Crippen LogP contribution < -0.4 is 5.32 Å². The molecule has 1 atom stereocenters. The minimum Gasteiger partial charge on any atom is -0.356 e. The Morgan fingerprint density at radius 1 is 1.42 bits per heavy atom. The van der Waals surface area contributed by atoms with E-state index in [0.717, 1.165) is 13.0 Å². The number of hydrogen-bond donors (Lipinski definition) is 1. The molecule has 2 nitrogen and oxygen atoms in total. The maximum absolute atomic E-state index is 10.8. The summed E-state index contributed by atoms with van der Waals surface area (Å²) in [7, 11) is 0. The summed E-state index contributed by atoms with van der Waals surface area (Å²) < 4.78 is 0. The highest BCUT2D eigenvalue weighted by Gasteiger charge is 2.20. The summed E-state index contributed by atoms with van der Waals surface area (Å²) in [4.78, 5) is 10.8. The third-order valence-corrected chi connectivity index (χ3v) is 2.53. The van der Waals surface area contributed by atoms with Crippen LogP contribution in [0.3, 0.4) is 0 Å². The zero-order chi connectivity index (χ0) is 8.81. The molecule has 1 saturated heterocycles. The Kier molecular flexibility index (Phi) is 4.12. The van der Waals surface area contributed by atoms with E-state index in [4.69, 9.17) is 0 Å². The van der Waals surface area contributed by atoms with Crippen molar-refractivity contribution >= 4 is 5.91 Å². The summed E-state index contributed by atoms with van der Waals surface area (Å²) in [6.07, 6.45) is 7.27. The molecule has 1 N–H and O–H groups in total. The smallest absolute Gasteiger partial charge is 0.220 e. The van der Waals surface area contributed by atoms with Gasteiger partial charge in [0.25, 0.3) is 0 Å². The highest BCUT2D eigenvalue weighted by Crippen LogP contribution is 2.17. The number of carbonyl (C=O) groups excluding carboxylic acids is 1. The van der Waals surface area contributed by atoms with Crippen molar-refractivity contribution in [1.82, 2.24) is 5.32 Å². The molecule has 1 fully saturated rings. The van der Waals surface area contributed by atoms with Gasteiger partial charge < -0.3 is 5.32 Å². The predicted octanol–water partition coefficient (Wildman–Crippen LogP) is 2.09. The second-order valence-corrected chi connectivity index (χ2v) is 3.72. The zero-order valence-electron chi connectivity index (χ0n) is 7.94. The maximum atomic E-state index is 10.8. The molecule has 0 aromatic carbocycles. The second-order valence-electron chi connectivity index (χ2n) is 3.72. The quantitative estimate of drug-likeness (QED) is 0.627. The average molecular weight is 169 g/mol. The summed E-state index contributed by atoms with van der Waals surface area (Å²) in [6.45, 7) is 3.14. The van der Waals surface area contributed by atoms with Crippen molar-refractivity contribution in [3.05, 3.63) is 0 Å². The van der Waals surface area contributed by atoms with Gasteiger partial charge in [-0.05, 0) is 12.3 Å². The number of unbranched alkanes of at least 4 members (excludes halogenated alkanes) is 3. The van der Waals surface area contributed by atoms with E-state index in [-0.39, 0.29) is 5.91 Å². The van der Waals surface area contributed by atoms with E-state index in [9.17, 15) is 4.79 Å². The molecular weight excluding hydrogens is 150 g/mol. The molecule has 0 bridgehead atoms. The molecule has 0 saturated carbocycles. The molecule has 70 valence electrons. The van der Waals surface area contributed by atoms with Gasteiger partial charge in [0.2, 0.25) is 5.91 Å². The van der Waals surface area contributed by atoms with E-state index >= 15 is 0 Å². The first-order chi connectivity index (χ1) is 5.83. The summed E-state index contributed by atoms with van der Waals surface area (Å²) in [6, 6.07) is 0. The van der Waals surface area contributed by atoms with Crippen molar-refractivity contribution in [1.29, 1.82) is 0 Å². The van der Waals surface area contributed by atoms with E-state index in [1.807, 2.05) is 0 Å². The highest BCUT2D eigenvalue weighted by atomic mass is 16.1. The Morgan fingerprint density at radius 2 is 2.25 bits per heavy atom. The molecule has 0 radical (unpaired) electrons. The lowest BCUT2D eigenvalue weighted by Crippen LogP contribution is -2.13. The van der Waals surface area contributed by atoms with Crippen LogP contribution in [0, 0.1) is 5.92 Å². The Hall–Kier alpha value is -0.530. The highest BCUT2D eigenvalue weighted by molar-refractivity contribution is 5.78. The van der Waals surface area contributed by atoms with Gasteiger partial charge in [0.15, 0.2) is 0 Å². The second kappa shape index (κ2) is 5.18. The average Bonchev–Trinajstić information content (AvgIpc) is 2.45. The maximum Gasteiger partial charge on any atom is 0.220 e. The van der Waals surface area contributed by atoms with Crippen LogP contribution >= 0.6 is 0 Å². The summed E-state index contributed by atoms with van der Waals surface area (Å²) >= 11 is 0. The summed E-state index contributed by atoms with van der Waals surface area (Å²) in [5.41, 5.74) is 0. The number of rotatable bonds is 5. The van der Waals surface area contributed by atoms with Crippen LogP contribution in [0.15, 0.2) is 0 Å². The molecule has 1 aliphatic rings. The van der Waals surface area contributed by atoms with Crippen LogP contribution in [0.5, 0.6) is 0 Å². The van der Waals surface area contributed by atoms with Crippen LogP contribution in [-0.2, 0) is 4.79 Å². The Morgan fingerprint density at radius 3 is 2.83 bits per heavy atom. The molecule has 1 rings (SSSR count). The van der Waals surface area contributed by atoms with Gasteiger partial charge in [0.05, 0.1) is 0 Å². The Balaban J connectivity index is 1.97. The molecule has 2 heteroatoms. The fourth-order valence-corrected chi connectivity index (χ4v) is 1.73. The minimum atomic E-state index is 0.246. The number of amides is 1. The van der Waals surface area contributed by atoms with E-state index < -0.39 is 0 Å². The first kappa shape index (κ1) is 9.56. The molecule has 1 heterocycles. The van der Waals surface area contributed by atoms with Crippen molar-refractivity contribution in [3.63, 3.8) is 0 Å². The van der Waals surface area contributed by atoms with Crippen LogP contribution in [-0.4, -0.2) is 12.5 Å². The van der Waals surface area contributed by atoms with Crippen molar-refractivity contribution in [2.75, 3.05) is 6.54 Å². The van der Waals surface area contributed by atoms with E-state index in [1.165, 1.54) is 32.1 Å².